The molecule has 4 aromatic rings. The molecule has 0 unspecified atom stereocenters. The Hall–Kier alpha value is -4.50. The molecular weight excluding hydrogens is 796 g/mol. The van der Waals surface area contributed by atoms with Gasteiger partial charge in [-0.3, -0.25) is 30.0 Å². The number of carbonyl (C=O) groups excluding carboxylic acids is 4. The van der Waals surface area contributed by atoms with Gasteiger partial charge in [0.05, 0.1) is 11.4 Å². The average molecular weight is 823 g/mol. The molecule has 0 radical (unpaired) electrons. The zero-order valence-corrected chi connectivity index (χ0v) is 28.5. The lowest BCUT2D eigenvalue weighted by Crippen LogP contribution is -2.35. The summed E-state index contributed by atoms with van der Waals surface area (Å²) in [6.45, 7) is 0. The average Bonchev–Trinajstić information content (AvgIpc) is 3.48. The van der Waals surface area contributed by atoms with Gasteiger partial charge < -0.3 is 4.90 Å². The van der Waals surface area contributed by atoms with Crippen molar-refractivity contribution < 1.29 is 19.2 Å². The first kappa shape index (κ1) is 31.9. The van der Waals surface area contributed by atoms with Gasteiger partial charge >= 0.3 is 0 Å². The van der Waals surface area contributed by atoms with E-state index in [-0.39, 0.29) is 28.9 Å². The molecule has 2 N–H and O–H groups in total. The Morgan fingerprint density at radius 3 is 1.36 bits per heavy atom. The number of hydrogen-bond donors (Lipinski definition) is 2. The highest BCUT2D eigenvalue weighted by Gasteiger charge is 2.35. The van der Waals surface area contributed by atoms with E-state index in [1.165, 1.54) is 10.0 Å². The van der Waals surface area contributed by atoms with Crippen molar-refractivity contribution in [2.45, 2.75) is 0 Å². The number of nitrogens with one attached hydrogen (secondary N) is 2. The number of halogens is 2. The van der Waals surface area contributed by atoms with Crippen molar-refractivity contribution in [2.24, 2.45) is 0 Å². The van der Waals surface area contributed by atoms with Crippen LogP contribution in [0.5, 0.6) is 0 Å². The van der Waals surface area contributed by atoms with Gasteiger partial charge in [0.25, 0.3) is 23.6 Å². The lowest BCUT2D eigenvalue weighted by atomic mass is 10.1. The molecule has 45 heavy (non-hydrogen) atoms. The normalized spacial score (nSPS) is 16.1. The van der Waals surface area contributed by atoms with Crippen LogP contribution in [-0.4, -0.2) is 37.7 Å². The van der Waals surface area contributed by atoms with Crippen LogP contribution in [0.4, 0.5) is 17.1 Å². The first-order valence-corrected chi connectivity index (χ1v) is 15.8. The minimum atomic E-state index is -0.393. The maximum Gasteiger partial charge on any atom is 0.282 e. The molecule has 2 aliphatic rings. The van der Waals surface area contributed by atoms with Crippen molar-refractivity contribution in [1.82, 2.24) is 10.9 Å². The lowest BCUT2D eigenvalue weighted by molar-refractivity contribution is -0.118. The summed E-state index contributed by atoms with van der Waals surface area (Å²) in [7, 11) is 3.92. The van der Waals surface area contributed by atoms with Crippen molar-refractivity contribution in [2.75, 3.05) is 29.0 Å². The second-order valence-corrected chi connectivity index (χ2v) is 12.6. The van der Waals surface area contributed by atoms with Crippen LogP contribution in [0.2, 0.25) is 0 Å². The van der Waals surface area contributed by atoms with Crippen molar-refractivity contribution >= 4 is 98.0 Å². The summed E-state index contributed by atoms with van der Waals surface area (Å²) in [5, 5.41) is 2.55. The summed E-state index contributed by atoms with van der Waals surface area (Å²) >= 11 is 4.38. The molecule has 9 nitrogen and oxygen atoms in total. The number of rotatable bonds is 5. The van der Waals surface area contributed by atoms with E-state index in [1.807, 2.05) is 97.9 Å². The van der Waals surface area contributed by atoms with E-state index in [2.05, 4.69) is 56.0 Å². The van der Waals surface area contributed by atoms with Gasteiger partial charge in [-0.05, 0) is 129 Å². The molecule has 2 fully saturated rings. The quantitative estimate of drug-likeness (QED) is 0.156. The van der Waals surface area contributed by atoms with Crippen LogP contribution < -0.4 is 25.8 Å². The number of amides is 4. The third-order valence-corrected chi connectivity index (χ3v) is 8.22. The number of hydrogen-bond acceptors (Lipinski definition) is 5. The summed E-state index contributed by atoms with van der Waals surface area (Å²) in [6, 6.07) is 31.7. The molecule has 0 spiro atoms. The summed E-state index contributed by atoms with van der Waals surface area (Å²) in [5.41, 5.74) is 9.43. The second kappa shape index (κ2) is 14.1. The number of carbonyl (C=O) groups is 4. The van der Waals surface area contributed by atoms with E-state index in [0.29, 0.717) is 11.4 Å². The van der Waals surface area contributed by atoms with Crippen LogP contribution >= 0.6 is 45.2 Å². The summed E-state index contributed by atoms with van der Waals surface area (Å²) in [4.78, 5) is 51.1. The van der Waals surface area contributed by atoms with E-state index in [1.54, 1.807) is 36.4 Å². The summed E-state index contributed by atoms with van der Waals surface area (Å²) in [6.07, 6.45) is 3.22. The SMILES string of the molecule is CN(C)c1ccc(/C=C2/C(=O)NN(c3ccc(I)cc3)C2=O)cc1.O=C1NN(c2ccc(I)cc2)C(=O)/C1=C\c1ccccc1. The fourth-order valence-electron chi connectivity index (χ4n) is 4.41. The highest BCUT2D eigenvalue weighted by atomic mass is 127. The molecule has 11 heteroatoms. The maximum atomic E-state index is 12.5. The van der Waals surface area contributed by atoms with E-state index >= 15 is 0 Å². The molecule has 0 aliphatic carbocycles. The minimum absolute atomic E-state index is 0.131. The fraction of sp³-hybridized carbons (Fsp3) is 0.0588. The van der Waals surface area contributed by atoms with Crippen LogP contribution in [0, 0.1) is 7.14 Å². The molecule has 0 aromatic heterocycles. The van der Waals surface area contributed by atoms with Gasteiger partial charge in [-0.2, -0.15) is 0 Å². The fourth-order valence-corrected chi connectivity index (χ4v) is 5.13. The minimum Gasteiger partial charge on any atom is -0.378 e. The van der Waals surface area contributed by atoms with Crippen LogP contribution in [0.15, 0.2) is 114 Å². The third kappa shape index (κ3) is 7.60. The number of hydrazine groups is 2. The molecule has 226 valence electrons. The highest BCUT2D eigenvalue weighted by Crippen LogP contribution is 2.24. The molecule has 0 atom stereocenters. The zero-order chi connectivity index (χ0) is 32.1. The monoisotopic (exact) mass is 823 g/mol. The van der Waals surface area contributed by atoms with Gasteiger partial charge in [0.15, 0.2) is 0 Å². The molecule has 0 saturated carbocycles. The summed E-state index contributed by atoms with van der Waals surface area (Å²) < 4.78 is 2.13. The van der Waals surface area contributed by atoms with Crippen LogP contribution in [0.25, 0.3) is 12.2 Å². The lowest BCUT2D eigenvalue weighted by Gasteiger charge is -2.14. The van der Waals surface area contributed by atoms with Crippen molar-refractivity contribution in [3.8, 4) is 0 Å². The number of anilines is 3. The predicted octanol–water partition coefficient (Wildman–Crippen LogP) is 5.57. The highest BCUT2D eigenvalue weighted by molar-refractivity contribution is 14.1. The molecule has 4 amide bonds. The first-order chi connectivity index (χ1) is 21.6. The van der Waals surface area contributed by atoms with Crippen LogP contribution in [0.3, 0.4) is 0 Å². The van der Waals surface area contributed by atoms with Gasteiger partial charge in [-0.1, -0.05) is 42.5 Å². The largest absolute Gasteiger partial charge is 0.378 e. The van der Waals surface area contributed by atoms with Crippen LogP contribution in [-0.2, 0) is 19.2 Å². The Bertz CT molecular complexity index is 1800. The molecule has 2 heterocycles. The van der Waals surface area contributed by atoms with Gasteiger partial charge in [0.2, 0.25) is 0 Å². The molecule has 0 bridgehead atoms. The van der Waals surface area contributed by atoms with Gasteiger partial charge in [0, 0.05) is 26.9 Å². The Balaban J connectivity index is 0.000000179. The number of nitrogens with zero attached hydrogens (tertiary/aromatic N) is 3. The third-order valence-electron chi connectivity index (χ3n) is 6.78. The second-order valence-electron chi connectivity index (χ2n) is 10.1. The predicted molar refractivity (Wildman–Crippen MR) is 193 cm³/mol. The first-order valence-electron chi connectivity index (χ1n) is 13.7. The maximum absolute atomic E-state index is 12.5. The van der Waals surface area contributed by atoms with Gasteiger partial charge in [-0.25, -0.2) is 10.0 Å². The standard InChI is InChI=1S/C18H16IN3O2.C16H11IN2O2/c1-21(2)14-7-3-12(4-8-14)11-16-17(23)20-22(18(16)24)15-9-5-13(19)6-10-15;17-12-6-8-13(9-7-12)19-16(21)14(15(20)18-19)10-11-4-2-1-3-5-11/h3-11H,1-2H3,(H,20,23);1-10H,(H,18,20)/b16-11-;14-10-. The number of benzene rings is 4. The van der Waals surface area contributed by atoms with E-state index in [9.17, 15) is 19.2 Å². The van der Waals surface area contributed by atoms with E-state index in [0.717, 1.165) is 24.0 Å². The van der Waals surface area contributed by atoms with Crippen molar-refractivity contribution in [1.29, 1.82) is 0 Å². The van der Waals surface area contributed by atoms with Gasteiger partial charge in [-0.15, -0.1) is 0 Å². The Morgan fingerprint density at radius 2 is 0.956 bits per heavy atom. The van der Waals surface area contributed by atoms with Crippen molar-refractivity contribution in [3.05, 3.63) is 133 Å². The molecule has 4 aromatic carbocycles. The van der Waals surface area contributed by atoms with E-state index in [4.69, 9.17) is 0 Å². The summed E-state index contributed by atoms with van der Waals surface area (Å²) in [5.74, 6) is -1.47. The Kier molecular flexibility index (Phi) is 9.98. The van der Waals surface area contributed by atoms with Crippen LogP contribution in [0.1, 0.15) is 11.1 Å². The topological polar surface area (TPSA) is 102 Å². The van der Waals surface area contributed by atoms with E-state index < -0.39 is 5.91 Å². The van der Waals surface area contributed by atoms with Gasteiger partial charge in [0.1, 0.15) is 11.1 Å². The molecule has 2 saturated heterocycles. The molecule has 2 aliphatic heterocycles. The Morgan fingerprint density at radius 1 is 0.556 bits per heavy atom. The zero-order valence-electron chi connectivity index (χ0n) is 24.2. The molecule has 6 rings (SSSR count). The van der Waals surface area contributed by atoms with Crippen molar-refractivity contribution in [3.63, 3.8) is 0 Å². The smallest absolute Gasteiger partial charge is 0.282 e. The Labute approximate surface area is 287 Å². The molecular formula is C34H27I2N5O4.